The highest BCUT2D eigenvalue weighted by atomic mass is 35.5. The number of halogens is 2. The van der Waals surface area contributed by atoms with Crippen molar-refractivity contribution in [2.45, 2.75) is 79.3 Å². The number of fused-ring (bicyclic) bond motifs is 4. The summed E-state index contributed by atoms with van der Waals surface area (Å²) in [4.78, 5) is 13.0. The quantitative estimate of drug-likeness (QED) is 0.164. The van der Waals surface area contributed by atoms with Crippen LogP contribution in [-0.2, 0) is 5.54 Å². The van der Waals surface area contributed by atoms with Gasteiger partial charge in [-0.2, -0.15) is 0 Å². The first-order valence-electron chi connectivity index (χ1n) is 17.2. The Morgan fingerprint density at radius 2 is 1.43 bits per heavy atom. The molecule has 2 atom stereocenters. The van der Waals surface area contributed by atoms with Crippen molar-refractivity contribution in [3.8, 4) is 10.0 Å². The van der Waals surface area contributed by atoms with Crippen LogP contribution in [0, 0.1) is 47.5 Å². The van der Waals surface area contributed by atoms with E-state index in [9.17, 15) is 0 Å². The molecule has 9 rings (SSSR count). The molecule has 5 heterocycles. The van der Waals surface area contributed by atoms with Crippen LogP contribution in [0.5, 0.6) is 0 Å². The maximum Gasteiger partial charge on any atom is 0.166 e. The van der Waals surface area contributed by atoms with Gasteiger partial charge in [0.15, 0.2) is 5.82 Å². The second kappa shape index (κ2) is 12.9. The van der Waals surface area contributed by atoms with Crippen LogP contribution in [0.25, 0.3) is 10.0 Å². The Balaban J connectivity index is 0.000000147. The second-order valence-electron chi connectivity index (χ2n) is 13.8. The van der Waals surface area contributed by atoms with Gasteiger partial charge in [-0.3, -0.25) is 19.1 Å². The van der Waals surface area contributed by atoms with Gasteiger partial charge in [0.25, 0.3) is 0 Å². The molecule has 6 aromatic rings. The molecule has 2 unspecified atom stereocenters. The van der Waals surface area contributed by atoms with Crippen LogP contribution < -0.4 is 0 Å². The Kier molecular flexibility index (Phi) is 8.65. The Morgan fingerprint density at radius 1 is 0.804 bits per heavy atom. The molecular formula is C39H38Cl2N8S2. The highest BCUT2D eigenvalue weighted by molar-refractivity contribution is 7.15. The monoisotopic (exact) mass is 752 g/mol. The summed E-state index contributed by atoms with van der Waals surface area (Å²) in [6.45, 7) is 14.9. The molecule has 2 aromatic carbocycles. The zero-order valence-electron chi connectivity index (χ0n) is 29.6. The van der Waals surface area contributed by atoms with Crippen molar-refractivity contribution in [1.82, 2.24) is 29.5 Å². The van der Waals surface area contributed by atoms with E-state index in [4.69, 9.17) is 33.2 Å². The van der Waals surface area contributed by atoms with E-state index in [1.165, 1.54) is 37.0 Å². The van der Waals surface area contributed by atoms with Crippen LogP contribution in [0.3, 0.4) is 0 Å². The van der Waals surface area contributed by atoms with E-state index in [1.807, 2.05) is 38.1 Å². The largest absolute Gasteiger partial charge is 0.280 e. The zero-order chi connectivity index (χ0) is 35.8. The predicted molar refractivity (Wildman–Crippen MR) is 210 cm³/mol. The number of hydrogen-bond acceptors (Lipinski definition) is 8. The number of aromatic nitrogens is 6. The Hall–Kier alpha value is -3.96. The lowest BCUT2D eigenvalue weighted by Crippen LogP contribution is -2.11. The van der Waals surface area contributed by atoms with E-state index in [0.717, 1.165) is 74.3 Å². The van der Waals surface area contributed by atoms with Crippen molar-refractivity contribution in [3.63, 3.8) is 0 Å². The van der Waals surface area contributed by atoms with Gasteiger partial charge in [-0.05, 0) is 102 Å². The third-order valence-electron chi connectivity index (χ3n) is 10.2. The lowest BCUT2D eigenvalue weighted by atomic mass is 9.99. The van der Waals surface area contributed by atoms with E-state index in [1.54, 1.807) is 29.0 Å². The van der Waals surface area contributed by atoms with Crippen molar-refractivity contribution in [1.29, 1.82) is 0 Å². The number of nitrogens with zero attached hydrogens (tertiary/aromatic N) is 8. The summed E-state index contributed by atoms with van der Waals surface area (Å²) in [6, 6.07) is 16.4. The number of benzene rings is 2. The van der Waals surface area contributed by atoms with Gasteiger partial charge in [0.05, 0.1) is 17.5 Å². The molecule has 0 N–H and O–H groups in total. The smallest absolute Gasteiger partial charge is 0.166 e. The number of aryl methyl sites for hydroxylation is 4. The van der Waals surface area contributed by atoms with E-state index >= 15 is 0 Å². The minimum Gasteiger partial charge on any atom is -0.280 e. The molecule has 2 aliphatic carbocycles. The maximum atomic E-state index is 6.11. The third-order valence-corrected chi connectivity index (χ3v) is 13.1. The van der Waals surface area contributed by atoms with Crippen LogP contribution >= 0.6 is 45.9 Å². The standard InChI is InChI=1S/C20H21ClN4S.C19H17ClN4S/c1-11-9-17(11)23-19(15-5-7-16(21)8-6-15)18-12(2)13(3)26-20(18)25-10-22-24-14(25)4;1-10-11(2)25-17-15(10)16(13-4-6-14(20)7-5-13)21-19(8-9-19)18-23-22-12(3)24(17)18/h5-8,10-11,17H,9H2,1-4H3;4-7H,8-9H2,1-3H3. The van der Waals surface area contributed by atoms with Crippen molar-refractivity contribution < 1.29 is 0 Å². The Bertz CT molecular complexity index is 2350. The van der Waals surface area contributed by atoms with Gasteiger partial charge in [-0.15, -0.1) is 43.1 Å². The summed E-state index contributed by atoms with van der Waals surface area (Å²) in [5.41, 5.74) is 9.00. The van der Waals surface area contributed by atoms with Gasteiger partial charge in [-0.1, -0.05) is 54.4 Å². The fourth-order valence-electron chi connectivity index (χ4n) is 6.63. The molecule has 0 radical (unpaired) electrons. The van der Waals surface area contributed by atoms with E-state index in [2.05, 4.69) is 88.4 Å². The molecule has 0 saturated heterocycles. The van der Waals surface area contributed by atoms with Gasteiger partial charge < -0.3 is 0 Å². The Labute approximate surface area is 316 Å². The van der Waals surface area contributed by atoms with Gasteiger partial charge in [0.2, 0.25) is 0 Å². The minimum absolute atomic E-state index is 0.227. The first-order chi connectivity index (χ1) is 24.5. The summed E-state index contributed by atoms with van der Waals surface area (Å²) in [7, 11) is 0. The third kappa shape index (κ3) is 6.09. The predicted octanol–water partition coefficient (Wildman–Crippen LogP) is 9.90. The van der Waals surface area contributed by atoms with Crippen LogP contribution in [-0.4, -0.2) is 47.0 Å². The molecule has 51 heavy (non-hydrogen) atoms. The highest BCUT2D eigenvalue weighted by Gasteiger charge is 2.51. The summed E-state index contributed by atoms with van der Waals surface area (Å²) in [5.74, 6) is 3.44. The van der Waals surface area contributed by atoms with Crippen molar-refractivity contribution in [3.05, 3.63) is 126 Å². The fraction of sp³-hybridized carbons (Fsp3) is 0.333. The number of aliphatic imine (C=N–C) groups is 2. The molecule has 0 bridgehead atoms. The average molecular weight is 754 g/mol. The molecule has 260 valence electrons. The summed E-state index contributed by atoms with van der Waals surface area (Å²) >= 11 is 15.8. The van der Waals surface area contributed by atoms with Crippen LogP contribution in [0.4, 0.5) is 0 Å². The number of rotatable bonds is 5. The lowest BCUT2D eigenvalue weighted by molar-refractivity contribution is 0.661. The van der Waals surface area contributed by atoms with Crippen molar-refractivity contribution in [2.75, 3.05) is 0 Å². The SMILES string of the molecule is Cc1sc(-n2cnnc2C)c(C(=NC2CC2C)c2ccc(Cl)cc2)c1C.Cc1sc2c(c1C)C(c1ccc(Cl)cc1)=NC1(CC1)c1nnc(C)n1-2. The van der Waals surface area contributed by atoms with E-state index in [0.29, 0.717) is 12.0 Å². The number of hydrogen-bond donors (Lipinski definition) is 0. The molecule has 12 heteroatoms. The van der Waals surface area contributed by atoms with Gasteiger partial charge in [-0.25, -0.2) is 0 Å². The molecule has 2 saturated carbocycles. The van der Waals surface area contributed by atoms with Gasteiger partial charge >= 0.3 is 0 Å². The molecule has 4 aromatic heterocycles. The van der Waals surface area contributed by atoms with Gasteiger partial charge in [0.1, 0.15) is 33.5 Å². The molecule has 8 nitrogen and oxygen atoms in total. The number of thiophene rings is 2. The van der Waals surface area contributed by atoms with Gasteiger partial charge in [0, 0.05) is 42.1 Å². The minimum atomic E-state index is -0.227. The van der Waals surface area contributed by atoms with Crippen LogP contribution in [0.1, 0.15) is 86.8 Å². The van der Waals surface area contributed by atoms with Crippen molar-refractivity contribution >= 4 is 57.3 Å². The second-order valence-corrected chi connectivity index (χ2v) is 17.1. The van der Waals surface area contributed by atoms with Crippen LogP contribution in [0.2, 0.25) is 10.0 Å². The first-order valence-corrected chi connectivity index (χ1v) is 19.5. The highest BCUT2D eigenvalue weighted by Crippen LogP contribution is 2.53. The zero-order valence-corrected chi connectivity index (χ0v) is 32.8. The fourth-order valence-corrected chi connectivity index (χ4v) is 9.26. The molecule has 0 amide bonds. The Morgan fingerprint density at radius 3 is 2.04 bits per heavy atom. The molecule has 3 aliphatic rings. The summed E-state index contributed by atoms with van der Waals surface area (Å²) in [6.07, 6.45) is 4.98. The molecule has 1 spiro atoms. The van der Waals surface area contributed by atoms with Crippen LogP contribution in [0.15, 0.2) is 64.8 Å². The summed E-state index contributed by atoms with van der Waals surface area (Å²) < 4.78 is 4.28. The van der Waals surface area contributed by atoms with E-state index in [-0.39, 0.29) is 5.54 Å². The van der Waals surface area contributed by atoms with E-state index < -0.39 is 0 Å². The molecule has 1 aliphatic heterocycles. The lowest BCUT2D eigenvalue weighted by Gasteiger charge is -2.12. The molecular weight excluding hydrogens is 716 g/mol. The first kappa shape index (κ1) is 34.1. The molecule has 2 fully saturated rings. The normalized spacial score (nSPS) is 18.5. The maximum absolute atomic E-state index is 6.11. The average Bonchev–Trinajstić information content (AvgIpc) is 3.85. The summed E-state index contributed by atoms with van der Waals surface area (Å²) in [5, 5.41) is 20.9. The topological polar surface area (TPSA) is 86.1 Å². The van der Waals surface area contributed by atoms with Crippen molar-refractivity contribution in [2.24, 2.45) is 15.9 Å².